The highest BCUT2D eigenvalue weighted by Gasteiger charge is 2.31. The molecule has 2 heterocycles. The predicted molar refractivity (Wildman–Crippen MR) is 130 cm³/mol. The van der Waals surface area contributed by atoms with Crippen molar-refractivity contribution in [2.75, 3.05) is 24.5 Å². The maximum Gasteiger partial charge on any atom is 0.354 e. The lowest BCUT2D eigenvalue weighted by Gasteiger charge is -2.25. The highest BCUT2D eigenvalue weighted by Crippen LogP contribution is 2.39. The van der Waals surface area contributed by atoms with Gasteiger partial charge in [-0.25, -0.2) is 9.78 Å². The Morgan fingerprint density at radius 3 is 2.55 bits per heavy atom. The van der Waals surface area contributed by atoms with Crippen LogP contribution in [0.5, 0.6) is 0 Å². The lowest BCUT2D eigenvalue weighted by molar-refractivity contribution is 0.0684. The number of halogens is 1. The summed E-state index contributed by atoms with van der Waals surface area (Å²) in [6.07, 6.45) is 6.29. The van der Waals surface area contributed by atoms with Crippen LogP contribution >= 0.6 is 15.9 Å². The van der Waals surface area contributed by atoms with Gasteiger partial charge in [-0.2, -0.15) is 0 Å². The second kappa shape index (κ2) is 10.6. The van der Waals surface area contributed by atoms with E-state index < -0.39 is 5.97 Å². The summed E-state index contributed by atoms with van der Waals surface area (Å²) in [5.41, 5.74) is 4.37. The average Bonchev–Trinajstić information content (AvgIpc) is 3.23. The number of aromatic carboxylic acids is 1. The van der Waals surface area contributed by atoms with Gasteiger partial charge in [0.25, 0.3) is 0 Å². The van der Waals surface area contributed by atoms with E-state index in [0.29, 0.717) is 24.4 Å². The third-order valence-electron chi connectivity index (χ3n) is 6.10. The molecule has 0 unspecified atom stereocenters. The van der Waals surface area contributed by atoms with E-state index in [4.69, 9.17) is 0 Å². The average molecular weight is 491 g/mol. The van der Waals surface area contributed by atoms with Gasteiger partial charge in [-0.15, -0.1) is 0 Å². The van der Waals surface area contributed by atoms with E-state index in [-0.39, 0.29) is 0 Å². The molecular weight excluding hydrogens is 456 g/mol. The van der Waals surface area contributed by atoms with Gasteiger partial charge in [0.15, 0.2) is 5.69 Å². The van der Waals surface area contributed by atoms with E-state index >= 15 is 0 Å². The van der Waals surface area contributed by atoms with Crippen molar-refractivity contribution in [3.8, 4) is 0 Å². The molecule has 6 nitrogen and oxygen atoms in total. The molecule has 0 radical (unpaired) electrons. The second-order valence-corrected chi connectivity index (χ2v) is 9.44. The summed E-state index contributed by atoms with van der Waals surface area (Å²) < 4.78 is 2.82. The van der Waals surface area contributed by atoms with Gasteiger partial charge in [0.2, 0.25) is 5.95 Å². The van der Waals surface area contributed by atoms with Gasteiger partial charge < -0.3 is 19.9 Å². The Morgan fingerprint density at radius 2 is 2.00 bits per heavy atom. The molecule has 2 aromatic rings. The predicted octanol–water partition coefficient (Wildman–Crippen LogP) is 5.46. The fraction of sp³-hybridized carbons (Fsp3) is 0.583. The number of nitrogens with zero attached hydrogens (tertiary/aromatic N) is 3. The third-order valence-corrected chi connectivity index (χ3v) is 6.70. The molecule has 2 aliphatic rings. The molecule has 4 rings (SSSR count). The van der Waals surface area contributed by atoms with Crippen molar-refractivity contribution in [1.82, 2.24) is 14.9 Å². The van der Waals surface area contributed by atoms with E-state index in [1.807, 2.05) is 11.5 Å². The topological polar surface area (TPSA) is 70.4 Å². The molecule has 1 aliphatic carbocycles. The van der Waals surface area contributed by atoms with Crippen molar-refractivity contribution in [3.63, 3.8) is 0 Å². The second-order valence-electron chi connectivity index (χ2n) is 8.58. The molecule has 1 aromatic heterocycles. The molecule has 0 atom stereocenters. The Bertz CT molecular complexity index is 898. The van der Waals surface area contributed by atoms with Crippen LogP contribution in [-0.2, 0) is 13.0 Å². The van der Waals surface area contributed by atoms with Crippen LogP contribution in [0.3, 0.4) is 0 Å². The van der Waals surface area contributed by atoms with Gasteiger partial charge in [0.05, 0.1) is 11.4 Å². The summed E-state index contributed by atoms with van der Waals surface area (Å²) in [5.74, 6) is 0.843. The number of benzene rings is 1. The Kier molecular flexibility index (Phi) is 8.17. The largest absolute Gasteiger partial charge is 0.477 e. The monoisotopic (exact) mass is 490 g/mol. The van der Waals surface area contributed by atoms with Crippen molar-refractivity contribution in [3.05, 3.63) is 39.1 Å². The SMILES string of the molecule is CCCNCC1CCC1.CCc1nc2n(c1C(=O)O)CCN2c1c(C)cc(C)cc1Br. The zero-order valence-electron chi connectivity index (χ0n) is 19.2. The fourth-order valence-corrected chi connectivity index (χ4v) is 5.22. The smallest absolute Gasteiger partial charge is 0.354 e. The minimum absolute atomic E-state index is 0.320. The van der Waals surface area contributed by atoms with Crippen LogP contribution in [0.15, 0.2) is 16.6 Å². The maximum absolute atomic E-state index is 11.5. The maximum atomic E-state index is 11.5. The number of carbonyl (C=O) groups is 1. The minimum atomic E-state index is -0.905. The number of hydrogen-bond acceptors (Lipinski definition) is 4. The van der Waals surface area contributed by atoms with Crippen LogP contribution in [0.2, 0.25) is 0 Å². The molecule has 1 fully saturated rings. The Morgan fingerprint density at radius 1 is 1.26 bits per heavy atom. The molecule has 2 N–H and O–H groups in total. The van der Waals surface area contributed by atoms with Gasteiger partial charge in [0.1, 0.15) is 0 Å². The van der Waals surface area contributed by atoms with Crippen LogP contribution in [0.25, 0.3) is 0 Å². The van der Waals surface area contributed by atoms with Crippen LogP contribution in [-0.4, -0.2) is 40.3 Å². The molecule has 0 spiro atoms. The highest BCUT2D eigenvalue weighted by molar-refractivity contribution is 9.10. The molecule has 0 bridgehead atoms. The van der Waals surface area contributed by atoms with Crippen LogP contribution in [0.4, 0.5) is 11.6 Å². The number of hydrogen-bond donors (Lipinski definition) is 2. The van der Waals surface area contributed by atoms with Crippen molar-refractivity contribution < 1.29 is 9.90 Å². The quantitative estimate of drug-likeness (QED) is 0.504. The molecule has 7 heteroatoms. The Balaban J connectivity index is 0.000000254. The van der Waals surface area contributed by atoms with Gasteiger partial charge in [-0.3, -0.25) is 0 Å². The van der Waals surface area contributed by atoms with E-state index in [2.05, 4.69) is 64.0 Å². The summed E-state index contributed by atoms with van der Waals surface area (Å²) >= 11 is 3.64. The number of rotatable bonds is 7. The van der Waals surface area contributed by atoms with Crippen molar-refractivity contribution >= 4 is 33.5 Å². The number of aromatic nitrogens is 2. The number of aryl methyl sites for hydroxylation is 3. The number of anilines is 2. The number of carboxylic acids is 1. The molecule has 0 amide bonds. The molecular formula is C24H35BrN4O2. The lowest BCUT2D eigenvalue weighted by atomic mass is 9.85. The molecule has 1 saturated carbocycles. The van der Waals surface area contributed by atoms with E-state index in [1.165, 1.54) is 44.3 Å². The minimum Gasteiger partial charge on any atom is -0.477 e. The summed E-state index contributed by atoms with van der Waals surface area (Å²) in [4.78, 5) is 18.2. The van der Waals surface area contributed by atoms with Crippen molar-refractivity contribution in [2.45, 2.75) is 66.3 Å². The summed E-state index contributed by atoms with van der Waals surface area (Å²) in [5, 5.41) is 12.9. The Labute approximate surface area is 194 Å². The molecule has 1 aromatic carbocycles. The summed E-state index contributed by atoms with van der Waals surface area (Å²) in [7, 11) is 0. The Hall–Kier alpha value is -1.86. The molecule has 170 valence electrons. The normalized spacial score (nSPS) is 15.3. The van der Waals surface area contributed by atoms with Gasteiger partial charge in [-0.1, -0.05) is 26.3 Å². The summed E-state index contributed by atoms with van der Waals surface area (Å²) in [6.45, 7) is 12.1. The summed E-state index contributed by atoms with van der Waals surface area (Å²) in [6, 6.07) is 4.21. The number of carboxylic acid groups (broad SMARTS) is 1. The molecule has 31 heavy (non-hydrogen) atoms. The van der Waals surface area contributed by atoms with E-state index in [1.54, 1.807) is 0 Å². The van der Waals surface area contributed by atoms with Gasteiger partial charge >= 0.3 is 5.97 Å². The molecule has 1 aliphatic heterocycles. The number of nitrogens with one attached hydrogen (secondary N) is 1. The lowest BCUT2D eigenvalue weighted by Crippen LogP contribution is -2.27. The van der Waals surface area contributed by atoms with Gasteiger partial charge in [-0.05, 0) is 91.7 Å². The number of imidazole rings is 1. The first-order valence-corrected chi connectivity index (χ1v) is 12.2. The van der Waals surface area contributed by atoms with E-state index in [9.17, 15) is 9.90 Å². The van der Waals surface area contributed by atoms with Crippen molar-refractivity contribution in [2.24, 2.45) is 5.92 Å². The standard InChI is InChI=1S/C16H18BrN3O2.C8H17N/c1-4-12-14(15(21)22)20-6-5-19(16(20)18-12)13-10(3)7-9(2)8-11(13)17;1-2-6-9-7-8-4-3-5-8/h7-8H,4-6H2,1-3H3,(H,21,22);8-9H,2-7H2,1H3. The van der Waals surface area contributed by atoms with Crippen LogP contribution in [0.1, 0.15) is 66.8 Å². The third kappa shape index (κ3) is 5.32. The van der Waals surface area contributed by atoms with Gasteiger partial charge in [0, 0.05) is 17.6 Å². The zero-order valence-corrected chi connectivity index (χ0v) is 20.8. The highest BCUT2D eigenvalue weighted by atomic mass is 79.9. The van der Waals surface area contributed by atoms with Crippen molar-refractivity contribution in [1.29, 1.82) is 0 Å². The first kappa shape index (κ1) is 23.8. The number of fused-ring (bicyclic) bond motifs is 1. The van der Waals surface area contributed by atoms with Crippen LogP contribution in [0, 0.1) is 19.8 Å². The first-order chi connectivity index (χ1) is 14.9. The molecule has 0 saturated heterocycles. The fourth-order valence-electron chi connectivity index (χ4n) is 4.33. The van der Waals surface area contributed by atoms with Crippen LogP contribution < -0.4 is 10.2 Å². The first-order valence-electron chi connectivity index (χ1n) is 11.4. The van der Waals surface area contributed by atoms with E-state index in [0.717, 1.165) is 34.1 Å². The zero-order chi connectivity index (χ0) is 22.5.